The summed E-state index contributed by atoms with van der Waals surface area (Å²) in [7, 11) is 4.03. The number of nitrogens with zero attached hydrogens (tertiary/aromatic N) is 2. The van der Waals surface area contributed by atoms with Crippen LogP contribution in [0.5, 0.6) is 0 Å². The summed E-state index contributed by atoms with van der Waals surface area (Å²) in [5.41, 5.74) is 2.59. The van der Waals surface area contributed by atoms with Gasteiger partial charge in [0.05, 0.1) is 5.56 Å². The lowest BCUT2D eigenvalue weighted by Crippen LogP contribution is -2.16. The number of rotatable bonds is 5. The van der Waals surface area contributed by atoms with Gasteiger partial charge in [-0.15, -0.1) is 11.8 Å². The predicted molar refractivity (Wildman–Crippen MR) is 77.1 cm³/mol. The SMILES string of the molecule is CN(C)CCSc1nc2c(cc1C(=O)O)CCCC2. The quantitative estimate of drug-likeness (QED) is 0.839. The Morgan fingerprint density at radius 1 is 1.42 bits per heavy atom. The van der Waals surface area contributed by atoms with Crippen LogP contribution in [-0.4, -0.2) is 47.4 Å². The second-order valence-electron chi connectivity index (χ2n) is 5.11. The molecule has 0 spiro atoms. The van der Waals surface area contributed by atoms with Crippen molar-refractivity contribution in [2.24, 2.45) is 0 Å². The van der Waals surface area contributed by atoms with E-state index in [1.807, 2.05) is 20.2 Å². The van der Waals surface area contributed by atoms with Gasteiger partial charge in [0.15, 0.2) is 0 Å². The van der Waals surface area contributed by atoms with Gasteiger partial charge in [0, 0.05) is 18.0 Å². The number of carboxylic acids is 1. The van der Waals surface area contributed by atoms with Crippen LogP contribution in [-0.2, 0) is 12.8 Å². The molecule has 19 heavy (non-hydrogen) atoms. The monoisotopic (exact) mass is 280 g/mol. The number of fused-ring (bicyclic) bond motifs is 1. The van der Waals surface area contributed by atoms with Gasteiger partial charge in [0.1, 0.15) is 5.03 Å². The molecule has 0 radical (unpaired) electrons. The van der Waals surface area contributed by atoms with E-state index in [1.54, 1.807) is 11.8 Å². The second kappa shape index (κ2) is 6.39. The molecule has 1 aromatic rings. The first-order valence-corrected chi connectivity index (χ1v) is 7.60. The molecule has 1 N–H and O–H groups in total. The van der Waals surface area contributed by atoms with Gasteiger partial charge in [-0.2, -0.15) is 0 Å². The smallest absolute Gasteiger partial charge is 0.338 e. The first kappa shape index (κ1) is 14.3. The number of aromatic nitrogens is 1. The van der Waals surface area contributed by atoms with E-state index in [1.165, 1.54) is 0 Å². The zero-order chi connectivity index (χ0) is 13.8. The van der Waals surface area contributed by atoms with E-state index in [4.69, 9.17) is 0 Å². The average molecular weight is 280 g/mol. The fourth-order valence-electron chi connectivity index (χ4n) is 2.20. The number of aryl methyl sites for hydroxylation is 2. The standard InChI is InChI=1S/C14H20N2O2S/c1-16(2)7-8-19-13-11(14(17)18)9-10-5-3-4-6-12(10)15-13/h9H,3-8H2,1-2H3,(H,17,18). The lowest BCUT2D eigenvalue weighted by molar-refractivity contribution is 0.0692. The van der Waals surface area contributed by atoms with Gasteiger partial charge >= 0.3 is 5.97 Å². The van der Waals surface area contributed by atoms with Crippen LogP contribution in [0.2, 0.25) is 0 Å². The summed E-state index contributed by atoms with van der Waals surface area (Å²) in [6, 6.07) is 1.84. The molecule has 0 atom stereocenters. The van der Waals surface area contributed by atoms with Crippen molar-refractivity contribution in [1.29, 1.82) is 0 Å². The molecule has 0 aromatic carbocycles. The highest BCUT2D eigenvalue weighted by molar-refractivity contribution is 7.99. The molecule has 0 saturated carbocycles. The number of carboxylic acid groups (broad SMARTS) is 1. The maximum atomic E-state index is 11.3. The van der Waals surface area contributed by atoms with Crippen molar-refractivity contribution in [2.45, 2.75) is 30.7 Å². The van der Waals surface area contributed by atoms with E-state index in [2.05, 4.69) is 9.88 Å². The first-order chi connectivity index (χ1) is 9.08. The lowest BCUT2D eigenvalue weighted by Gasteiger charge is -2.17. The van der Waals surface area contributed by atoms with Crippen molar-refractivity contribution in [2.75, 3.05) is 26.4 Å². The minimum Gasteiger partial charge on any atom is -0.478 e. The third-order valence-electron chi connectivity index (χ3n) is 3.27. The Kier molecular flexibility index (Phi) is 4.82. The Morgan fingerprint density at radius 3 is 2.84 bits per heavy atom. The molecular weight excluding hydrogens is 260 g/mol. The molecular formula is C14H20N2O2S. The highest BCUT2D eigenvalue weighted by atomic mass is 32.2. The molecule has 2 rings (SSSR count). The van der Waals surface area contributed by atoms with Crippen LogP contribution in [0.3, 0.4) is 0 Å². The zero-order valence-electron chi connectivity index (χ0n) is 11.5. The summed E-state index contributed by atoms with van der Waals surface area (Å²) in [6.45, 7) is 0.919. The number of carbonyl (C=O) groups is 1. The van der Waals surface area contributed by atoms with E-state index < -0.39 is 5.97 Å². The van der Waals surface area contributed by atoms with E-state index in [9.17, 15) is 9.90 Å². The van der Waals surface area contributed by atoms with Crippen molar-refractivity contribution in [1.82, 2.24) is 9.88 Å². The Labute approximate surface area is 118 Å². The maximum absolute atomic E-state index is 11.3. The van der Waals surface area contributed by atoms with Crippen LogP contribution in [0, 0.1) is 0 Å². The van der Waals surface area contributed by atoms with Gasteiger partial charge in [-0.1, -0.05) is 0 Å². The predicted octanol–water partition coefficient (Wildman–Crippen LogP) is 2.31. The molecule has 1 aliphatic rings. The number of pyridine rings is 1. The molecule has 104 valence electrons. The molecule has 0 fully saturated rings. The zero-order valence-corrected chi connectivity index (χ0v) is 12.3. The topological polar surface area (TPSA) is 53.4 Å². The molecule has 0 bridgehead atoms. The lowest BCUT2D eigenvalue weighted by atomic mass is 9.95. The van der Waals surface area contributed by atoms with Crippen molar-refractivity contribution in [3.05, 3.63) is 22.9 Å². The van der Waals surface area contributed by atoms with Crippen LogP contribution in [0.15, 0.2) is 11.1 Å². The molecule has 0 unspecified atom stereocenters. The first-order valence-electron chi connectivity index (χ1n) is 6.61. The molecule has 1 aliphatic carbocycles. The third kappa shape index (κ3) is 3.70. The molecule has 1 aromatic heterocycles. The van der Waals surface area contributed by atoms with E-state index in [0.717, 1.165) is 49.2 Å². The highest BCUT2D eigenvalue weighted by Gasteiger charge is 2.18. The summed E-state index contributed by atoms with van der Waals surface area (Å²) in [6.07, 6.45) is 4.25. The molecule has 5 heteroatoms. The number of hydrogen-bond donors (Lipinski definition) is 1. The number of aromatic carboxylic acids is 1. The van der Waals surface area contributed by atoms with Gasteiger partial charge in [-0.3, -0.25) is 0 Å². The second-order valence-corrected chi connectivity index (χ2v) is 6.19. The Bertz CT molecular complexity index is 475. The number of thioether (sulfide) groups is 1. The van der Waals surface area contributed by atoms with Gasteiger partial charge < -0.3 is 10.0 Å². The molecule has 1 heterocycles. The van der Waals surface area contributed by atoms with Crippen LogP contribution in [0.25, 0.3) is 0 Å². The largest absolute Gasteiger partial charge is 0.478 e. The van der Waals surface area contributed by atoms with E-state index in [0.29, 0.717) is 10.6 Å². The van der Waals surface area contributed by atoms with Crippen LogP contribution >= 0.6 is 11.8 Å². The molecule has 4 nitrogen and oxygen atoms in total. The van der Waals surface area contributed by atoms with E-state index >= 15 is 0 Å². The van der Waals surface area contributed by atoms with Crippen LogP contribution in [0.4, 0.5) is 0 Å². The summed E-state index contributed by atoms with van der Waals surface area (Å²) in [5, 5.41) is 9.99. The molecule has 0 aliphatic heterocycles. The normalized spacial score (nSPS) is 14.5. The fraction of sp³-hybridized carbons (Fsp3) is 0.571. The van der Waals surface area contributed by atoms with Crippen LogP contribution < -0.4 is 0 Å². The summed E-state index contributed by atoms with van der Waals surface area (Å²) in [4.78, 5) is 18.0. The Hall–Kier alpha value is -1.07. The van der Waals surface area contributed by atoms with Gasteiger partial charge in [0.2, 0.25) is 0 Å². The average Bonchev–Trinajstić information content (AvgIpc) is 2.37. The Morgan fingerprint density at radius 2 is 2.16 bits per heavy atom. The minimum atomic E-state index is -0.867. The Balaban J connectivity index is 2.21. The van der Waals surface area contributed by atoms with Gasteiger partial charge in [-0.05, 0) is 51.4 Å². The van der Waals surface area contributed by atoms with E-state index in [-0.39, 0.29) is 0 Å². The van der Waals surface area contributed by atoms with Gasteiger partial charge in [0.25, 0.3) is 0 Å². The van der Waals surface area contributed by atoms with Gasteiger partial charge in [-0.25, -0.2) is 9.78 Å². The molecule has 0 saturated heterocycles. The third-order valence-corrected chi connectivity index (χ3v) is 4.24. The number of hydrogen-bond acceptors (Lipinski definition) is 4. The maximum Gasteiger partial charge on any atom is 0.338 e. The van der Waals surface area contributed by atoms with Crippen LogP contribution in [0.1, 0.15) is 34.5 Å². The van der Waals surface area contributed by atoms with Crippen molar-refractivity contribution in [3.8, 4) is 0 Å². The highest BCUT2D eigenvalue weighted by Crippen LogP contribution is 2.27. The van der Waals surface area contributed by atoms with Crippen molar-refractivity contribution in [3.63, 3.8) is 0 Å². The summed E-state index contributed by atoms with van der Waals surface area (Å²) >= 11 is 1.54. The fourth-order valence-corrected chi connectivity index (χ4v) is 3.33. The minimum absolute atomic E-state index is 0.365. The summed E-state index contributed by atoms with van der Waals surface area (Å²) < 4.78 is 0. The summed E-state index contributed by atoms with van der Waals surface area (Å²) in [5.74, 6) is -0.00720. The van der Waals surface area contributed by atoms with Crippen molar-refractivity contribution >= 4 is 17.7 Å². The molecule has 0 amide bonds. The van der Waals surface area contributed by atoms with Crippen molar-refractivity contribution < 1.29 is 9.90 Å².